The molecule has 3 rings (SSSR count). The molecule has 0 amide bonds. The number of aromatic amines is 1. The van der Waals surface area contributed by atoms with Gasteiger partial charge in [0.25, 0.3) is 0 Å². The van der Waals surface area contributed by atoms with E-state index in [1.54, 1.807) is 43.5 Å². The quantitative estimate of drug-likeness (QED) is 0.576. The fraction of sp³-hybridized carbons (Fsp3) is 0.182. The number of hydrogen-bond acceptors (Lipinski definition) is 7. The highest BCUT2D eigenvalue weighted by Crippen LogP contribution is 2.43. The summed E-state index contributed by atoms with van der Waals surface area (Å²) in [6, 6.07) is 12.0. The largest absolute Gasteiger partial charge is 0.497 e. The summed E-state index contributed by atoms with van der Waals surface area (Å²) in [5.41, 5.74) is 7.64. The molecule has 30 heavy (non-hydrogen) atoms. The van der Waals surface area contributed by atoms with E-state index in [1.165, 1.54) is 21.3 Å². The van der Waals surface area contributed by atoms with Crippen LogP contribution in [0.1, 0.15) is 21.6 Å². The first-order valence-corrected chi connectivity index (χ1v) is 8.89. The predicted octanol–water partition coefficient (Wildman–Crippen LogP) is 3.40. The van der Waals surface area contributed by atoms with E-state index < -0.39 is 0 Å². The fourth-order valence-electron chi connectivity index (χ4n) is 3.21. The van der Waals surface area contributed by atoms with Gasteiger partial charge in [0.05, 0.1) is 34.1 Å². The van der Waals surface area contributed by atoms with E-state index in [0.717, 1.165) is 0 Å². The van der Waals surface area contributed by atoms with Crippen LogP contribution < -0.4 is 24.7 Å². The summed E-state index contributed by atoms with van der Waals surface area (Å²) in [5.74, 6) is 1.57. The fourth-order valence-corrected chi connectivity index (χ4v) is 3.21. The smallest absolute Gasteiger partial charge is 0.209 e. The molecule has 0 spiro atoms. The van der Waals surface area contributed by atoms with Crippen molar-refractivity contribution in [3.8, 4) is 40.2 Å². The number of carbonyl (C=O) groups excluding carboxylic acids is 1. The van der Waals surface area contributed by atoms with Crippen LogP contribution in [0.2, 0.25) is 0 Å². The van der Waals surface area contributed by atoms with Gasteiger partial charge < -0.3 is 29.7 Å². The highest BCUT2D eigenvalue weighted by atomic mass is 16.5. The Labute approximate surface area is 173 Å². The summed E-state index contributed by atoms with van der Waals surface area (Å²) < 4.78 is 21.3. The van der Waals surface area contributed by atoms with Crippen LogP contribution in [-0.4, -0.2) is 39.2 Å². The zero-order valence-corrected chi connectivity index (χ0v) is 17.0. The van der Waals surface area contributed by atoms with Gasteiger partial charge in [-0.2, -0.15) is 5.26 Å². The van der Waals surface area contributed by atoms with E-state index in [2.05, 4.69) is 11.1 Å². The number of ether oxygens (including phenoxy) is 4. The molecule has 0 bridgehead atoms. The predicted molar refractivity (Wildman–Crippen MR) is 111 cm³/mol. The number of ketones is 1. The second kappa shape index (κ2) is 8.49. The van der Waals surface area contributed by atoms with Crippen LogP contribution in [0.25, 0.3) is 11.1 Å². The van der Waals surface area contributed by atoms with E-state index in [1.807, 2.05) is 0 Å². The average Bonchev–Trinajstić information content (AvgIpc) is 3.13. The van der Waals surface area contributed by atoms with Gasteiger partial charge in [0.1, 0.15) is 23.2 Å². The summed E-state index contributed by atoms with van der Waals surface area (Å²) >= 11 is 0. The molecule has 0 fully saturated rings. The van der Waals surface area contributed by atoms with Gasteiger partial charge in [0.2, 0.25) is 11.5 Å². The number of carbonyl (C=O) groups is 1. The number of nitriles is 1. The minimum Gasteiger partial charge on any atom is -0.497 e. The number of methoxy groups -OCH3 is 4. The Hall–Kier alpha value is -4.12. The van der Waals surface area contributed by atoms with E-state index in [0.29, 0.717) is 39.7 Å². The molecule has 0 aliphatic heterocycles. The Morgan fingerprint density at radius 2 is 1.57 bits per heavy atom. The highest BCUT2D eigenvalue weighted by Gasteiger charge is 2.25. The summed E-state index contributed by atoms with van der Waals surface area (Å²) in [7, 11) is 6.01. The lowest BCUT2D eigenvalue weighted by Crippen LogP contribution is -2.04. The minimum atomic E-state index is -0.324. The van der Waals surface area contributed by atoms with Crippen molar-refractivity contribution in [2.75, 3.05) is 34.2 Å². The molecule has 0 saturated carbocycles. The van der Waals surface area contributed by atoms with Crippen LogP contribution in [0.3, 0.4) is 0 Å². The van der Waals surface area contributed by atoms with Crippen LogP contribution in [-0.2, 0) is 0 Å². The molecule has 3 aromatic rings. The maximum absolute atomic E-state index is 13.2. The number of nitrogens with two attached hydrogens (primary N) is 1. The van der Waals surface area contributed by atoms with Crippen molar-refractivity contribution in [3.63, 3.8) is 0 Å². The lowest BCUT2D eigenvalue weighted by atomic mass is 9.96. The molecule has 0 radical (unpaired) electrons. The van der Waals surface area contributed by atoms with Crippen LogP contribution in [0.5, 0.6) is 23.0 Å². The second-order valence-corrected chi connectivity index (χ2v) is 6.25. The summed E-state index contributed by atoms with van der Waals surface area (Å²) in [6.07, 6.45) is 0. The summed E-state index contributed by atoms with van der Waals surface area (Å²) in [6.45, 7) is 0. The monoisotopic (exact) mass is 407 g/mol. The number of rotatable bonds is 7. The molecular weight excluding hydrogens is 386 g/mol. The minimum absolute atomic E-state index is 0.0955. The zero-order chi connectivity index (χ0) is 21.8. The Balaban J connectivity index is 2.23. The van der Waals surface area contributed by atoms with Gasteiger partial charge in [-0.3, -0.25) is 4.79 Å². The Bertz CT molecular complexity index is 1100. The van der Waals surface area contributed by atoms with Crippen molar-refractivity contribution in [1.29, 1.82) is 5.26 Å². The summed E-state index contributed by atoms with van der Waals surface area (Å²) in [4.78, 5) is 16.1. The molecule has 0 aliphatic carbocycles. The molecule has 2 aromatic carbocycles. The Morgan fingerprint density at radius 3 is 2.03 bits per heavy atom. The van der Waals surface area contributed by atoms with E-state index >= 15 is 0 Å². The number of hydrogen-bond donors (Lipinski definition) is 2. The van der Waals surface area contributed by atoms with Gasteiger partial charge in [-0.05, 0) is 42.0 Å². The van der Waals surface area contributed by atoms with Crippen molar-refractivity contribution < 1.29 is 23.7 Å². The van der Waals surface area contributed by atoms with Gasteiger partial charge in [-0.25, -0.2) is 0 Å². The lowest BCUT2D eigenvalue weighted by molar-refractivity contribution is 0.103. The number of H-pyrrole nitrogens is 1. The first kappa shape index (κ1) is 20.6. The maximum Gasteiger partial charge on any atom is 0.209 e. The topological polar surface area (TPSA) is 120 Å². The van der Waals surface area contributed by atoms with Gasteiger partial charge in [0.15, 0.2) is 11.5 Å². The second-order valence-electron chi connectivity index (χ2n) is 6.25. The molecule has 1 heterocycles. The molecule has 0 aliphatic rings. The van der Waals surface area contributed by atoms with Gasteiger partial charge in [-0.1, -0.05) is 0 Å². The van der Waals surface area contributed by atoms with Crippen LogP contribution >= 0.6 is 0 Å². The van der Waals surface area contributed by atoms with Crippen LogP contribution in [0.15, 0.2) is 36.4 Å². The number of nitrogens with zero attached hydrogens (tertiary/aromatic N) is 1. The Kier molecular flexibility index (Phi) is 5.83. The molecule has 0 atom stereocenters. The van der Waals surface area contributed by atoms with E-state index in [9.17, 15) is 10.1 Å². The van der Waals surface area contributed by atoms with Crippen molar-refractivity contribution in [3.05, 3.63) is 53.2 Å². The molecular formula is C22H21N3O5. The molecule has 8 heteroatoms. The number of nitrogen functional groups attached to an aromatic ring is 1. The van der Waals surface area contributed by atoms with Crippen LogP contribution in [0, 0.1) is 11.3 Å². The zero-order valence-electron chi connectivity index (χ0n) is 17.0. The van der Waals surface area contributed by atoms with E-state index in [-0.39, 0.29) is 22.9 Å². The average molecular weight is 407 g/mol. The SMILES string of the molecule is COc1ccc(C(=O)c2[nH]c(N)c(C#N)c2-c2cc(OC)c(OC)c(OC)c2)cc1. The van der Waals surface area contributed by atoms with Gasteiger partial charge >= 0.3 is 0 Å². The first-order chi connectivity index (χ1) is 14.5. The third-order valence-electron chi connectivity index (χ3n) is 4.67. The van der Waals surface area contributed by atoms with Gasteiger partial charge in [0, 0.05) is 11.1 Å². The summed E-state index contributed by atoms with van der Waals surface area (Å²) in [5, 5.41) is 9.68. The van der Waals surface area contributed by atoms with E-state index in [4.69, 9.17) is 24.7 Å². The highest BCUT2D eigenvalue weighted by molar-refractivity contribution is 6.13. The third kappa shape index (κ3) is 3.49. The normalized spacial score (nSPS) is 10.2. The molecule has 154 valence electrons. The van der Waals surface area contributed by atoms with Crippen molar-refractivity contribution in [2.24, 2.45) is 0 Å². The molecule has 8 nitrogen and oxygen atoms in total. The number of anilines is 1. The molecule has 1 aromatic heterocycles. The number of aromatic nitrogens is 1. The van der Waals surface area contributed by atoms with Crippen molar-refractivity contribution in [1.82, 2.24) is 4.98 Å². The van der Waals surface area contributed by atoms with Crippen molar-refractivity contribution in [2.45, 2.75) is 0 Å². The molecule has 3 N–H and O–H groups in total. The first-order valence-electron chi connectivity index (χ1n) is 8.89. The standard InChI is InChI=1S/C22H21N3O5/c1-27-14-7-5-12(6-8-14)20(26)19-18(15(11-23)22(24)25-19)13-9-16(28-2)21(30-4)17(10-13)29-3/h5-10,25H,24H2,1-4H3. The number of benzene rings is 2. The lowest BCUT2D eigenvalue weighted by Gasteiger charge is -2.14. The van der Waals surface area contributed by atoms with Crippen LogP contribution in [0.4, 0.5) is 5.82 Å². The third-order valence-corrected chi connectivity index (χ3v) is 4.67. The Morgan fingerprint density at radius 1 is 0.967 bits per heavy atom. The maximum atomic E-state index is 13.2. The number of nitrogens with one attached hydrogen (secondary N) is 1. The van der Waals surface area contributed by atoms with Gasteiger partial charge in [-0.15, -0.1) is 0 Å². The molecule has 0 saturated heterocycles. The molecule has 0 unspecified atom stereocenters. The van der Waals surface area contributed by atoms with Crippen molar-refractivity contribution >= 4 is 11.6 Å².